The zero-order chi connectivity index (χ0) is 16.9. The minimum atomic E-state index is -3.67. The topological polar surface area (TPSA) is 128 Å². The highest BCUT2D eigenvalue weighted by Crippen LogP contribution is 2.21. The number of piperidine rings is 1. The van der Waals surface area contributed by atoms with Gasteiger partial charge in [0, 0.05) is 31.2 Å². The third-order valence-corrected chi connectivity index (χ3v) is 4.78. The van der Waals surface area contributed by atoms with E-state index in [4.69, 9.17) is 15.6 Å². The molecule has 1 amide bonds. The molecule has 0 radical (unpaired) electrons. The molecule has 23 heavy (non-hydrogen) atoms. The number of rotatable bonds is 6. The summed E-state index contributed by atoms with van der Waals surface area (Å²) in [5.41, 5.74) is 6.03. The van der Waals surface area contributed by atoms with Gasteiger partial charge in [0.2, 0.25) is 5.91 Å². The number of amides is 1. The minimum absolute atomic E-state index is 0.116. The van der Waals surface area contributed by atoms with E-state index >= 15 is 0 Å². The Hall–Kier alpha value is -1.68. The highest BCUT2D eigenvalue weighted by atomic mass is 32.2. The average Bonchev–Trinajstić information content (AvgIpc) is 2.53. The zero-order valence-corrected chi connectivity index (χ0v) is 13.6. The summed E-state index contributed by atoms with van der Waals surface area (Å²) in [6.07, 6.45) is 0.917. The van der Waals surface area contributed by atoms with Crippen molar-refractivity contribution in [3.8, 4) is 5.75 Å². The summed E-state index contributed by atoms with van der Waals surface area (Å²) < 4.78 is 29.0. The summed E-state index contributed by atoms with van der Waals surface area (Å²) in [7, 11) is -3.67. The molecular formula is C14H22N4O4S. The van der Waals surface area contributed by atoms with E-state index < -0.39 is 10.2 Å². The molecule has 1 aliphatic rings. The Bertz CT molecular complexity index is 625. The number of ether oxygens (including phenoxy) is 1. The Kier molecular flexibility index (Phi) is 5.94. The van der Waals surface area contributed by atoms with Crippen molar-refractivity contribution in [2.45, 2.75) is 12.8 Å². The Balaban J connectivity index is 1.85. The predicted molar refractivity (Wildman–Crippen MR) is 87.0 cm³/mol. The molecule has 1 saturated heterocycles. The standard InChI is InChI=1S/C14H22N4O4S/c15-7-10-22-13-3-1-12(2-4-13)17-14(19)11-5-8-18(9-6-11)23(16,20)21/h1-4,11H,5-10,15H2,(H,17,19)(H2,16,20,21). The molecule has 1 heterocycles. The first-order valence-corrected chi connectivity index (χ1v) is 8.92. The third kappa shape index (κ3) is 5.17. The summed E-state index contributed by atoms with van der Waals surface area (Å²) in [4.78, 5) is 12.2. The molecule has 128 valence electrons. The van der Waals surface area contributed by atoms with Crippen molar-refractivity contribution in [1.29, 1.82) is 0 Å². The second-order valence-electron chi connectivity index (χ2n) is 5.37. The number of nitrogens with one attached hydrogen (secondary N) is 1. The largest absolute Gasteiger partial charge is 0.492 e. The van der Waals surface area contributed by atoms with Gasteiger partial charge in [0.1, 0.15) is 12.4 Å². The van der Waals surface area contributed by atoms with E-state index in [1.165, 1.54) is 4.31 Å². The fourth-order valence-electron chi connectivity index (χ4n) is 2.43. The summed E-state index contributed by atoms with van der Waals surface area (Å²) in [6, 6.07) is 7.02. The highest BCUT2D eigenvalue weighted by Gasteiger charge is 2.29. The van der Waals surface area contributed by atoms with E-state index in [0.717, 1.165) is 0 Å². The smallest absolute Gasteiger partial charge is 0.276 e. The number of benzene rings is 1. The summed E-state index contributed by atoms with van der Waals surface area (Å²) >= 11 is 0. The van der Waals surface area contributed by atoms with E-state index in [1.54, 1.807) is 24.3 Å². The predicted octanol–water partition coefficient (Wildman–Crippen LogP) is -0.122. The summed E-state index contributed by atoms with van der Waals surface area (Å²) in [5.74, 6) is 0.353. The van der Waals surface area contributed by atoms with Gasteiger partial charge in [-0.05, 0) is 37.1 Å². The van der Waals surface area contributed by atoms with E-state index in [-0.39, 0.29) is 24.9 Å². The second kappa shape index (κ2) is 7.73. The molecule has 2 rings (SSSR count). The number of hydrogen-bond acceptors (Lipinski definition) is 5. The van der Waals surface area contributed by atoms with E-state index in [2.05, 4.69) is 5.32 Å². The van der Waals surface area contributed by atoms with Crippen LogP contribution in [-0.4, -0.2) is 44.9 Å². The molecule has 1 aromatic carbocycles. The molecule has 9 heteroatoms. The van der Waals surface area contributed by atoms with Crippen LogP contribution in [0.4, 0.5) is 5.69 Å². The monoisotopic (exact) mass is 342 g/mol. The quantitative estimate of drug-likeness (QED) is 0.664. The van der Waals surface area contributed by atoms with Gasteiger partial charge in [-0.25, -0.2) is 5.14 Å². The van der Waals surface area contributed by atoms with Gasteiger partial charge in [-0.1, -0.05) is 0 Å². The Morgan fingerprint density at radius 2 is 1.87 bits per heavy atom. The van der Waals surface area contributed by atoms with Crippen molar-refractivity contribution < 1.29 is 17.9 Å². The van der Waals surface area contributed by atoms with Gasteiger partial charge < -0.3 is 15.8 Å². The van der Waals surface area contributed by atoms with Crippen LogP contribution in [0.15, 0.2) is 24.3 Å². The molecule has 1 aromatic rings. The van der Waals surface area contributed by atoms with Gasteiger partial charge in [-0.2, -0.15) is 12.7 Å². The van der Waals surface area contributed by atoms with Gasteiger partial charge in [-0.15, -0.1) is 0 Å². The van der Waals surface area contributed by atoms with Crippen LogP contribution >= 0.6 is 0 Å². The second-order valence-corrected chi connectivity index (χ2v) is 6.92. The fraction of sp³-hybridized carbons (Fsp3) is 0.500. The lowest BCUT2D eigenvalue weighted by Crippen LogP contribution is -2.44. The molecule has 0 saturated carbocycles. The van der Waals surface area contributed by atoms with Gasteiger partial charge in [-0.3, -0.25) is 4.79 Å². The van der Waals surface area contributed by atoms with E-state index in [0.29, 0.717) is 37.4 Å². The molecule has 0 unspecified atom stereocenters. The van der Waals surface area contributed by atoms with Gasteiger partial charge in [0.05, 0.1) is 0 Å². The molecule has 1 aliphatic heterocycles. The van der Waals surface area contributed by atoms with Gasteiger partial charge >= 0.3 is 0 Å². The Morgan fingerprint density at radius 1 is 1.26 bits per heavy atom. The van der Waals surface area contributed by atoms with Crippen molar-refractivity contribution in [3.05, 3.63) is 24.3 Å². The molecule has 8 nitrogen and oxygen atoms in total. The maximum absolute atomic E-state index is 12.2. The van der Waals surface area contributed by atoms with Crippen LogP contribution in [0.2, 0.25) is 0 Å². The van der Waals surface area contributed by atoms with Crippen LogP contribution in [0, 0.1) is 5.92 Å². The maximum atomic E-state index is 12.2. The molecule has 5 N–H and O–H groups in total. The first-order chi connectivity index (χ1) is 10.9. The molecule has 1 fully saturated rings. The number of carbonyl (C=O) groups excluding carboxylic acids is 1. The fourth-order valence-corrected chi connectivity index (χ4v) is 3.15. The molecule has 0 spiro atoms. The molecule has 0 bridgehead atoms. The number of nitrogens with zero attached hydrogens (tertiary/aromatic N) is 1. The summed E-state index contributed by atoms with van der Waals surface area (Å²) in [6.45, 7) is 1.41. The Labute approximate surface area is 136 Å². The summed E-state index contributed by atoms with van der Waals surface area (Å²) in [5, 5.41) is 7.91. The SMILES string of the molecule is NCCOc1ccc(NC(=O)C2CCN(S(N)(=O)=O)CC2)cc1. The van der Waals surface area contributed by atoms with Crippen molar-refractivity contribution in [1.82, 2.24) is 4.31 Å². The Morgan fingerprint density at radius 3 is 2.39 bits per heavy atom. The minimum Gasteiger partial charge on any atom is -0.492 e. The molecule has 0 atom stereocenters. The van der Waals surface area contributed by atoms with E-state index in [1.807, 2.05) is 0 Å². The molecular weight excluding hydrogens is 320 g/mol. The van der Waals surface area contributed by atoms with Crippen LogP contribution in [0.1, 0.15) is 12.8 Å². The highest BCUT2D eigenvalue weighted by molar-refractivity contribution is 7.86. The average molecular weight is 342 g/mol. The zero-order valence-electron chi connectivity index (χ0n) is 12.8. The first-order valence-electron chi connectivity index (χ1n) is 7.42. The number of hydrogen-bond donors (Lipinski definition) is 3. The van der Waals surface area contributed by atoms with Crippen LogP contribution in [0.5, 0.6) is 5.75 Å². The van der Waals surface area contributed by atoms with Crippen molar-refractivity contribution in [3.63, 3.8) is 0 Å². The van der Waals surface area contributed by atoms with Crippen molar-refractivity contribution >= 4 is 21.8 Å². The number of carbonyl (C=O) groups is 1. The number of nitrogens with two attached hydrogens (primary N) is 2. The third-order valence-electron chi connectivity index (χ3n) is 3.69. The van der Waals surface area contributed by atoms with Gasteiger partial charge in [0.25, 0.3) is 10.2 Å². The normalized spacial score (nSPS) is 17.0. The lowest BCUT2D eigenvalue weighted by molar-refractivity contribution is -0.120. The van der Waals surface area contributed by atoms with Crippen LogP contribution in [0.25, 0.3) is 0 Å². The van der Waals surface area contributed by atoms with Crippen LogP contribution in [-0.2, 0) is 15.0 Å². The number of anilines is 1. The van der Waals surface area contributed by atoms with E-state index in [9.17, 15) is 13.2 Å². The lowest BCUT2D eigenvalue weighted by Gasteiger charge is -2.29. The molecule has 0 aliphatic carbocycles. The van der Waals surface area contributed by atoms with Crippen molar-refractivity contribution in [2.24, 2.45) is 16.8 Å². The first kappa shape index (κ1) is 17.7. The van der Waals surface area contributed by atoms with Gasteiger partial charge in [0.15, 0.2) is 0 Å². The maximum Gasteiger partial charge on any atom is 0.276 e. The molecule has 0 aromatic heterocycles. The lowest BCUT2D eigenvalue weighted by atomic mass is 9.97. The van der Waals surface area contributed by atoms with Crippen molar-refractivity contribution in [2.75, 3.05) is 31.6 Å². The van der Waals surface area contributed by atoms with Crippen LogP contribution < -0.4 is 20.9 Å². The van der Waals surface area contributed by atoms with Crippen LogP contribution in [0.3, 0.4) is 0 Å².